The number of rotatable bonds is 13. The lowest BCUT2D eigenvalue weighted by atomic mass is 9.90. The summed E-state index contributed by atoms with van der Waals surface area (Å²) < 4.78 is 64.2. The number of amides is 2. The van der Waals surface area contributed by atoms with Gasteiger partial charge in [0.2, 0.25) is 5.91 Å². The van der Waals surface area contributed by atoms with Crippen LogP contribution < -0.4 is 16.2 Å². The van der Waals surface area contributed by atoms with Gasteiger partial charge in [0.05, 0.1) is 24.7 Å². The van der Waals surface area contributed by atoms with Crippen LogP contribution in [-0.2, 0) is 27.0 Å². The molecule has 10 nitrogen and oxygen atoms in total. The summed E-state index contributed by atoms with van der Waals surface area (Å²) in [5.41, 5.74) is -0.0114. The number of carbonyl (C=O) groups excluding carboxylic acids is 2. The first-order valence-electron chi connectivity index (χ1n) is 17.7. The van der Waals surface area contributed by atoms with E-state index in [0.29, 0.717) is 34.3 Å². The summed E-state index contributed by atoms with van der Waals surface area (Å²) >= 11 is 6.22. The molecule has 15 heteroatoms. The molecule has 0 unspecified atom stereocenters. The molecule has 1 fully saturated rings. The van der Waals surface area contributed by atoms with Crippen LogP contribution >= 0.6 is 11.6 Å². The molecule has 4 atom stereocenters. The highest BCUT2D eigenvalue weighted by molar-refractivity contribution is 6.30. The van der Waals surface area contributed by atoms with Crippen molar-refractivity contribution in [3.8, 4) is 11.1 Å². The summed E-state index contributed by atoms with van der Waals surface area (Å²) in [6, 6.07) is 5.25. The van der Waals surface area contributed by atoms with Crippen molar-refractivity contribution >= 4 is 29.4 Å². The monoisotopic (exact) mass is 778 g/mol. The number of carbonyl (C=O) groups is 3. The number of aryl methyl sites for hydroxylation is 3. The summed E-state index contributed by atoms with van der Waals surface area (Å²) in [6.45, 7) is 13.0. The molecular weight excluding hydrogens is 732 g/mol. The van der Waals surface area contributed by atoms with E-state index in [1.165, 1.54) is 13.0 Å². The van der Waals surface area contributed by atoms with Gasteiger partial charge in [-0.15, -0.1) is 0 Å². The number of aromatic nitrogens is 1. The SMILES string of the molecule is Cc1cc(-c2c(C)cc(Cl)cc2C)cc([C@H](CC(=O)O)NC(=O)[C@H](CC(C)C)NC(=O)c2ccc(C(F)(F)F)n(CCN3C[C@@H](C)O[C@H](C)C3)c2=O)c1F. The van der Waals surface area contributed by atoms with E-state index >= 15 is 4.39 Å². The first-order chi connectivity index (χ1) is 25.2. The van der Waals surface area contributed by atoms with E-state index in [4.69, 9.17) is 16.3 Å². The topological polar surface area (TPSA) is 130 Å². The molecule has 0 aliphatic carbocycles. The van der Waals surface area contributed by atoms with Gasteiger partial charge in [-0.05, 0) is 111 Å². The highest BCUT2D eigenvalue weighted by Gasteiger charge is 2.36. The van der Waals surface area contributed by atoms with Gasteiger partial charge >= 0.3 is 12.1 Å². The van der Waals surface area contributed by atoms with Gasteiger partial charge in [-0.1, -0.05) is 25.4 Å². The zero-order chi connectivity index (χ0) is 40.2. The summed E-state index contributed by atoms with van der Waals surface area (Å²) in [6.07, 6.45) is -5.93. The number of hydrogen-bond donors (Lipinski definition) is 3. The molecule has 0 saturated carbocycles. The Kier molecular flexibility index (Phi) is 13.7. The highest BCUT2D eigenvalue weighted by atomic mass is 35.5. The fraction of sp³-hybridized carbons (Fsp3) is 0.487. The van der Waals surface area contributed by atoms with E-state index in [-0.39, 0.29) is 48.8 Å². The van der Waals surface area contributed by atoms with E-state index in [9.17, 15) is 37.5 Å². The molecule has 0 radical (unpaired) electrons. The van der Waals surface area contributed by atoms with Gasteiger partial charge in [-0.2, -0.15) is 13.2 Å². The van der Waals surface area contributed by atoms with Gasteiger partial charge in [0.15, 0.2) is 0 Å². The minimum atomic E-state index is -4.89. The number of morpholine rings is 1. The number of hydrogen-bond acceptors (Lipinski definition) is 6. The lowest BCUT2D eigenvalue weighted by molar-refractivity contribution is -0.144. The highest BCUT2D eigenvalue weighted by Crippen LogP contribution is 2.35. The number of nitrogens with zero attached hydrogens (tertiary/aromatic N) is 2. The van der Waals surface area contributed by atoms with E-state index in [1.807, 2.05) is 32.6 Å². The van der Waals surface area contributed by atoms with Crippen molar-refractivity contribution in [3.63, 3.8) is 0 Å². The Hall–Kier alpha value is -4.27. The number of carboxylic acid groups (broad SMARTS) is 1. The smallest absolute Gasteiger partial charge is 0.431 e. The van der Waals surface area contributed by atoms with Crippen molar-refractivity contribution in [2.75, 3.05) is 19.6 Å². The Morgan fingerprint density at radius 3 is 2.13 bits per heavy atom. The van der Waals surface area contributed by atoms with Crippen LogP contribution in [0.4, 0.5) is 17.6 Å². The number of pyridine rings is 1. The standard InChI is InChI=1S/C39H47ClF4N4O6/c1-20(2)12-31(46-36(51)28-8-9-32(39(42,43)44)48(38(28)53)11-10-47-18-24(6)54-25(7)19-47)37(52)45-30(17-33(49)50)29-16-26(13-23(5)35(29)41)34-21(3)14-27(40)15-22(34)4/h8-9,13-16,20,24-25,30-31H,10-12,17-19H2,1-7H3,(H,45,52)(H,46,51)(H,49,50)/t24-,25-,30+,31+/m1/s1. The predicted molar refractivity (Wildman–Crippen MR) is 197 cm³/mol. The summed E-state index contributed by atoms with van der Waals surface area (Å²) in [4.78, 5) is 55.0. The Balaban J connectivity index is 1.66. The molecule has 54 heavy (non-hydrogen) atoms. The fourth-order valence-electron chi connectivity index (χ4n) is 7.11. The Labute approximate surface area is 316 Å². The first-order valence-corrected chi connectivity index (χ1v) is 18.1. The minimum absolute atomic E-state index is 0.00427. The van der Waals surface area contributed by atoms with E-state index < -0.39 is 65.1 Å². The van der Waals surface area contributed by atoms with Crippen LogP contribution in [0.2, 0.25) is 5.02 Å². The number of aliphatic carboxylic acids is 1. The average Bonchev–Trinajstić information content (AvgIpc) is 3.03. The molecule has 1 saturated heterocycles. The van der Waals surface area contributed by atoms with Crippen LogP contribution in [0.3, 0.4) is 0 Å². The zero-order valence-corrected chi connectivity index (χ0v) is 32.1. The molecule has 2 heterocycles. The quantitative estimate of drug-likeness (QED) is 0.162. The van der Waals surface area contributed by atoms with Crippen molar-refractivity contribution in [1.29, 1.82) is 0 Å². The maximum Gasteiger partial charge on any atom is 0.431 e. The van der Waals surface area contributed by atoms with E-state index in [1.54, 1.807) is 32.0 Å². The minimum Gasteiger partial charge on any atom is -0.481 e. The van der Waals surface area contributed by atoms with Gasteiger partial charge < -0.3 is 25.0 Å². The van der Waals surface area contributed by atoms with Crippen molar-refractivity contribution < 1.29 is 41.8 Å². The molecule has 4 rings (SSSR count). The van der Waals surface area contributed by atoms with Crippen molar-refractivity contribution in [3.05, 3.63) is 91.1 Å². The van der Waals surface area contributed by atoms with Crippen molar-refractivity contribution in [1.82, 2.24) is 20.1 Å². The summed E-state index contributed by atoms with van der Waals surface area (Å²) in [5, 5.41) is 15.4. The van der Waals surface area contributed by atoms with Gasteiger partial charge in [0.25, 0.3) is 11.5 Å². The maximum atomic E-state index is 15.8. The average molecular weight is 779 g/mol. The van der Waals surface area contributed by atoms with Crippen LogP contribution in [0.5, 0.6) is 0 Å². The van der Waals surface area contributed by atoms with Gasteiger partial charge in [-0.25, -0.2) is 4.39 Å². The lowest BCUT2D eigenvalue weighted by Gasteiger charge is -2.35. The second-order valence-corrected chi connectivity index (χ2v) is 15.0. The second kappa shape index (κ2) is 17.5. The van der Waals surface area contributed by atoms with Gasteiger partial charge in [-0.3, -0.25) is 24.1 Å². The summed E-state index contributed by atoms with van der Waals surface area (Å²) in [7, 11) is 0. The number of alkyl halides is 3. The molecule has 1 aliphatic rings. The van der Waals surface area contributed by atoms with E-state index in [2.05, 4.69) is 10.6 Å². The van der Waals surface area contributed by atoms with Crippen LogP contribution in [-0.4, -0.2) is 70.2 Å². The molecular formula is C39H47ClF4N4O6. The third-order valence-electron chi connectivity index (χ3n) is 9.31. The maximum absolute atomic E-state index is 15.8. The molecule has 3 N–H and O–H groups in total. The van der Waals surface area contributed by atoms with Gasteiger partial charge in [0, 0.05) is 36.8 Å². The number of carboxylic acids is 1. The van der Waals surface area contributed by atoms with Crippen LogP contribution in [0, 0.1) is 32.5 Å². The van der Waals surface area contributed by atoms with Crippen LogP contribution in [0.1, 0.15) is 84.9 Å². The Bertz CT molecular complexity index is 1920. The molecule has 3 aromatic rings. The third kappa shape index (κ3) is 10.5. The second-order valence-electron chi connectivity index (χ2n) is 14.5. The molecule has 1 aromatic heterocycles. The lowest BCUT2D eigenvalue weighted by Crippen LogP contribution is -2.50. The number of halogens is 5. The van der Waals surface area contributed by atoms with Crippen molar-refractivity contribution in [2.24, 2.45) is 5.92 Å². The fourth-order valence-corrected chi connectivity index (χ4v) is 7.44. The zero-order valence-electron chi connectivity index (χ0n) is 31.4. The molecule has 2 amide bonds. The molecule has 1 aliphatic heterocycles. The number of benzene rings is 2. The molecule has 0 spiro atoms. The summed E-state index contributed by atoms with van der Waals surface area (Å²) in [5.74, 6) is -4.25. The first kappa shape index (κ1) is 42.5. The molecule has 0 bridgehead atoms. The largest absolute Gasteiger partial charge is 0.481 e. The predicted octanol–water partition coefficient (Wildman–Crippen LogP) is 6.84. The van der Waals surface area contributed by atoms with Crippen LogP contribution in [0.25, 0.3) is 11.1 Å². The normalized spacial score (nSPS) is 17.6. The number of nitrogens with one attached hydrogen (secondary N) is 2. The Morgan fingerprint density at radius 2 is 1.57 bits per heavy atom. The third-order valence-corrected chi connectivity index (χ3v) is 9.53. The molecule has 2 aromatic carbocycles. The Morgan fingerprint density at radius 1 is 0.963 bits per heavy atom. The van der Waals surface area contributed by atoms with E-state index in [0.717, 1.165) is 22.8 Å². The van der Waals surface area contributed by atoms with Gasteiger partial charge in [0.1, 0.15) is 23.1 Å². The van der Waals surface area contributed by atoms with Crippen LogP contribution in [0.15, 0.2) is 41.2 Å². The number of ether oxygens (including phenoxy) is 1. The molecule has 294 valence electrons. The van der Waals surface area contributed by atoms with Crippen molar-refractivity contribution in [2.45, 2.75) is 98.3 Å².